The second kappa shape index (κ2) is 3.98. The number of nitrogens with zero attached hydrogens (tertiary/aromatic N) is 1. The van der Waals surface area contributed by atoms with Crippen LogP contribution in [0.4, 0.5) is 0 Å². The standard InChI is InChI=1S/C2H2INO/c1-3-4-2-5/h1H2. The summed E-state index contributed by atoms with van der Waals surface area (Å²) >= 11 is -0.441. The average Bonchev–Trinajstić information content (AvgIpc) is 1.41. The summed E-state index contributed by atoms with van der Waals surface area (Å²) in [5.41, 5.74) is 0. The number of carbonyl (C=O) groups excluding carboxylic acids is 1. The Morgan fingerprint density at radius 3 is 2.60 bits per heavy atom. The molecule has 0 heterocycles. The lowest BCUT2D eigenvalue weighted by molar-refractivity contribution is 0.566. The molecule has 0 amide bonds. The monoisotopic (exact) mass is 183 g/mol. The number of hydrogen-bond acceptors (Lipinski definition) is 2. The predicted molar refractivity (Wildman–Crippen MR) is 29.3 cm³/mol. The van der Waals surface area contributed by atoms with Gasteiger partial charge in [0.05, 0.1) is 0 Å². The zero-order valence-electron chi connectivity index (χ0n) is 2.44. The van der Waals surface area contributed by atoms with Gasteiger partial charge in [-0.1, -0.05) is 0 Å². The van der Waals surface area contributed by atoms with Crippen LogP contribution in [0.2, 0.25) is 0 Å². The van der Waals surface area contributed by atoms with Crippen LogP contribution in [0.3, 0.4) is 0 Å². The van der Waals surface area contributed by atoms with Gasteiger partial charge in [0.25, 0.3) is 0 Å². The highest BCUT2D eigenvalue weighted by Gasteiger charge is 1.41. The second-order valence-electron chi connectivity index (χ2n) is 0.295. The molecule has 0 aliphatic carbocycles. The third-order valence-corrected chi connectivity index (χ3v) is 0.632. The highest BCUT2D eigenvalue weighted by atomic mass is 127. The Hall–Kier alpha value is -0.0200. The van der Waals surface area contributed by atoms with E-state index in [1.54, 1.807) is 0 Å². The third-order valence-electron chi connectivity index (χ3n) is 0.0943. The highest BCUT2D eigenvalue weighted by molar-refractivity contribution is 14.2. The van der Waals surface area contributed by atoms with Gasteiger partial charge < -0.3 is 0 Å². The molecule has 0 aromatic heterocycles. The maximum Gasteiger partial charge on any atom is 0.245 e. The quantitative estimate of drug-likeness (QED) is 0.333. The fraction of sp³-hybridized carbons (Fsp3) is 0. The molecule has 0 radical (unpaired) electrons. The maximum absolute atomic E-state index is 9.10. The minimum atomic E-state index is -0.441. The van der Waals surface area contributed by atoms with Gasteiger partial charge in [0.15, 0.2) is 0 Å². The molecule has 28 valence electrons. The van der Waals surface area contributed by atoms with Crippen molar-refractivity contribution >= 4 is 31.6 Å². The van der Waals surface area contributed by atoms with Crippen molar-refractivity contribution in [2.45, 2.75) is 0 Å². The van der Waals surface area contributed by atoms with Crippen LogP contribution in [-0.4, -0.2) is 10.6 Å². The van der Waals surface area contributed by atoms with Crippen molar-refractivity contribution < 1.29 is 4.79 Å². The predicted octanol–water partition coefficient (Wildman–Crippen LogP) is 0.640. The summed E-state index contributed by atoms with van der Waals surface area (Å²) in [5, 5.41) is 0. The van der Waals surface area contributed by atoms with E-state index in [1.165, 1.54) is 6.08 Å². The Balaban J connectivity index is 3.31. The average molecular weight is 183 g/mol. The summed E-state index contributed by atoms with van der Waals surface area (Å²) in [6, 6.07) is 0. The Morgan fingerprint density at radius 1 is 2.00 bits per heavy atom. The first-order valence-electron chi connectivity index (χ1n) is 0.864. The van der Waals surface area contributed by atoms with E-state index in [-0.39, 0.29) is 0 Å². The molecule has 2 nitrogen and oxygen atoms in total. The number of halogens is 1. The van der Waals surface area contributed by atoms with E-state index >= 15 is 0 Å². The van der Waals surface area contributed by atoms with Crippen molar-refractivity contribution in [1.82, 2.24) is 0 Å². The van der Waals surface area contributed by atoms with E-state index in [0.29, 0.717) is 0 Å². The highest BCUT2D eigenvalue weighted by Crippen LogP contribution is 1.84. The first-order valence-corrected chi connectivity index (χ1v) is 3.35. The summed E-state index contributed by atoms with van der Waals surface area (Å²) in [4.78, 5) is 9.10. The van der Waals surface area contributed by atoms with Crippen molar-refractivity contribution in [1.29, 1.82) is 0 Å². The Kier molecular flexibility index (Phi) is 3.96. The van der Waals surface area contributed by atoms with E-state index < -0.39 is 21.0 Å². The van der Waals surface area contributed by atoms with Gasteiger partial charge in [-0.25, -0.2) is 4.79 Å². The lowest BCUT2D eigenvalue weighted by Crippen LogP contribution is -1.28. The minimum absolute atomic E-state index is 0.441. The fourth-order valence-corrected chi connectivity index (χ4v) is 0.164. The molecule has 0 rings (SSSR count). The molecule has 0 bridgehead atoms. The van der Waals surface area contributed by atoms with Gasteiger partial charge in [-0.05, 0) is 4.51 Å². The molecule has 3 heteroatoms. The van der Waals surface area contributed by atoms with E-state index in [4.69, 9.17) is 4.79 Å². The van der Waals surface area contributed by atoms with Gasteiger partial charge in [0.1, 0.15) is 0 Å². The van der Waals surface area contributed by atoms with Gasteiger partial charge in [0.2, 0.25) is 6.08 Å². The molecule has 0 N–H and O–H groups in total. The SMILES string of the molecule is C=IN=C=O. The number of hydrogen-bond donors (Lipinski definition) is 0. The molecule has 0 aliphatic heterocycles. The molecule has 0 saturated heterocycles. The van der Waals surface area contributed by atoms with Crippen molar-refractivity contribution in [3.05, 3.63) is 0 Å². The summed E-state index contributed by atoms with van der Waals surface area (Å²) in [7, 11) is 0. The third kappa shape index (κ3) is 3.98. The molecule has 0 unspecified atom stereocenters. The Labute approximate surface area is 40.0 Å². The Morgan fingerprint density at radius 2 is 2.60 bits per heavy atom. The van der Waals surface area contributed by atoms with Gasteiger partial charge in [-0.3, -0.25) is 0 Å². The van der Waals surface area contributed by atoms with Crippen LogP contribution in [0.5, 0.6) is 0 Å². The molecule has 0 spiro atoms. The van der Waals surface area contributed by atoms with Crippen molar-refractivity contribution in [3.63, 3.8) is 0 Å². The number of isocyanates is 1. The smallest absolute Gasteiger partial charge is 0.211 e. The lowest BCUT2D eigenvalue weighted by Gasteiger charge is -1.44. The molecule has 0 fully saturated rings. The van der Waals surface area contributed by atoms with Gasteiger partial charge in [0, 0.05) is 21.0 Å². The first kappa shape index (κ1) is 4.98. The molecule has 0 aromatic carbocycles. The van der Waals surface area contributed by atoms with E-state index in [9.17, 15) is 0 Å². The summed E-state index contributed by atoms with van der Waals surface area (Å²) < 4.78 is 6.52. The van der Waals surface area contributed by atoms with Crippen LogP contribution in [0.25, 0.3) is 0 Å². The normalized spacial score (nSPS) is 5.60. The fourth-order valence-electron chi connectivity index (χ4n) is 0.0244. The van der Waals surface area contributed by atoms with Crippen molar-refractivity contribution in [2.75, 3.05) is 0 Å². The zero-order valence-corrected chi connectivity index (χ0v) is 4.60. The van der Waals surface area contributed by atoms with Crippen LogP contribution >= 0.6 is 21.0 Å². The molecule has 5 heavy (non-hydrogen) atoms. The first-order chi connectivity index (χ1) is 2.41. The van der Waals surface area contributed by atoms with Crippen molar-refractivity contribution in [2.24, 2.45) is 3.21 Å². The minimum Gasteiger partial charge on any atom is -0.211 e. The largest absolute Gasteiger partial charge is 0.245 e. The molecular weight excluding hydrogens is 181 g/mol. The molecule has 0 saturated carbocycles. The van der Waals surface area contributed by atoms with E-state index in [0.717, 1.165) is 0 Å². The van der Waals surface area contributed by atoms with Crippen LogP contribution < -0.4 is 0 Å². The summed E-state index contributed by atoms with van der Waals surface area (Å²) in [5.74, 6) is 0. The topological polar surface area (TPSA) is 29.4 Å². The summed E-state index contributed by atoms with van der Waals surface area (Å²) in [6.45, 7) is 0. The summed E-state index contributed by atoms with van der Waals surface area (Å²) in [6.07, 6.45) is 1.38. The van der Waals surface area contributed by atoms with E-state index in [2.05, 4.69) is 7.72 Å². The van der Waals surface area contributed by atoms with Gasteiger partial charge in [-0.2, -0.15) is 0 Å². The molecule has 0 aliphatic rings. The molecular formula is C2H2INO. The number of rotatable bonds is 1. The molecule has 0 atom stereocenters. The van der Waals surface area contributed by atoms with Crippen LogP contribution in [0.15, 0.2) is 3.21 Å². The van der Waals surface area contributed by atoms with Gasteiger partial charge in [-0.15, -0.1) is 3.21 Å². The second-order valence-corrected chi connectivity index (χ2v) is 1.46. The van der Waals surface area contributed by atoms with Crippen molar-refractivity contribution in [3.8, 4) is 0 Å². The van der Waals surface area contributed by atoms with E-state index in [1.807, 2.05) is 0 Å². The van der Waals surface area contributed by atoms with Crippen LogP contribution in [-0.2, 0) is 4.79 Å². The van der Waals surface area contributed by atoms with Gasteiger partial charge >= 0.3 is 0 Å². The molecule has 0 aromatic rings. The lowest BCUT2D eigenvalue weighted by atomic mass is 11.7. The van der Waals surface area contributed by atoms with Crippen LogP contribution in [0.1, 0.15) is 0 Å². The van der Waals surface area contributed by atoms with Crippen LogP contribution in [0, 0.1) is 0 Å². The Bertz CT molecular complexity index is 73.7. The zero-order chi connectivity index (χ0) is 4.12. The maximum atomic E-state index is 9.10.